The molecule has 0 spiro atoms. The van der Waals surface area contributed by atoms with E-state index in [0.717, 1.165) is 0 Å². The average molecular weight is 1490 g/mol. The van der Waals surface area contributed by atoms with E-state index >= 15 is 0 Å². The van der Waals surface area contributed by atoms with Crippen LogP contribution in [0.4, 0.5) is 0 Å². The molecule has 84 heavy (non-hydrogen) atoms. The molecule has 0 amide bonds. The van der Waals surface area contributed by atoms with Crippen molar-refractivity contribution in [1.82, 2.24) is 0 Å². The maximum Gasteiger partial charge on any atom is -0.0259 e. The molecule has 14 aromatic carbocycles. The molecule has 412 valence electrons. The van der Waals surface area contributed by atoms with Crippen molar-refractivity contribution in [2.75, 3.05) is 0 Å². The molecule has 14 aromatic rings. The minimum absolute atomic E-state index is 0. The van der Waals surface area contributed by atoms with Gasteiger partial charge in [0.2, 0.25) is 0 Å². The average Bonchev–Trinajstić information content (AvgIpc) is 3.13. The summed E-state index contributed by atoms with van der Waals surface area (Å²) >= 11 is 2.90. The summed E-state index contributed by atoms with van der Waals surface area (Å²) in [7, 11) is 0. The minimum Gasteiger partial charge on any atom is -1.00 e. The molecule has 0 nitrogen and oxygen atoms in total. The van der Waals surface area contributed by atoms with Crippen LogP contribution in [0.3, 0.4) is 0 Å². The van der Waals surface area contributed by atoms with Crippen LogP contribution >= 0.6 is 0 Å². The van der Waals surface area contributed by atoms with Gasteiger partial charge in [0.25, 0.3) is 0 Å². The van der Waals surface area contributed by atoms with Crippen molar-refractivity contribution in [1.29, 1.82) is 0 Å². The molecule has 0 aliphatic heterocycles. The quantitative estimate of drug-likeness (QED) is 0.115. The van der Waals surface area contributed by atoms with Crippen LogP contribution in [0, 0.1) is 13.8 Å². The van der Waals surface area contributed by atoms with Gasteiger partial charge in [-0.15, -0.1) is 138 Å². The molecule has 0 atom stereocenters. The Hall–Kier alpha value is -6.61. The van der Waals surface area contributed by atoms with Crippen LogP contribution in [0.5, 0.6) is 0 Å². The van der Waals surface area contributed by atoms with E-state index in [9.17, 15) is 0 Å². The van der Waals surface area contributed by atoms with Crippen LogP contribution in [-0.4, -0.2) is 11.0 Å². The molecule has 0 saturated carbocycles. The molecule has 6 heteroatoms. The maximum absolute atomic E-state index is 2.33. The van der Waals surface area contributed by atoms with E-state index in [1.165, 1.54) is 167 Å². The monoisotopic (exact) mass is 1490 g/mol. The van der Waals surface area contributed by atoms with Crippen LogP contribution in [0.25, 0.3) is 110 Å². The largest absolute Gasteiger partial charge is 1.00 e. The second-order valence-electron chi connectivity index (χ2n) is 21.0. The number of rotatable bonds is 6. The molecule has 0 aliphatic rings. The fourth-order valence-corrected chi connectivity index (χ4v) is 10.3. The van der Waals surface area contributed by atoms with Gasteiger partial charge in [0.05, 0.1) is 0 Å². The van der Waals surface area contributed by atoms with Gasteiger partial charge in [-0.05, 0) is 22.3 Å². The standard InChI is InChI=1S/2C21H15.2C16H13.2C2H6Si.2ClH.2Hf/c2*1-3-8-16(9-4-1)19-14-18-12-7-13-20(21(18)15-19)17-10-5-2-6-11-17;2*1-12-10-14-8-5-9-15(16(14)11-12)13-6-3-2-4-7-13;2*1-3-2;;;;/h2*1-15H;2*2-11H,1H3;2*1-2H3;2*1H;;/q4*-1;;;;;2*+2/p-2. The van der Waals surface area contributed by atoms with E-state index in [-0.39, 0.29) is 35.8 Å². The Morgan fingerprint density at radius 1 is 0.250 bits per heavy atom. The van der Waals surface area contributed by atoms with Crippen molar-refractivity contribution in [2.45, 2.75) is 40.0 Å². The summed E-state index contributed by atoms with van der Waals surface area (Å²) in [6, 6.07) is 108. The van der Waals surface area contributed by atoms with Crippen molar-refractivity contribution in [3.05, 3.63) is 314 Å². The van der Waals surface area contributed by atoms with E-state index in [0.29, 0.717) is 0 Å². The molecular weight excluding hydrogens is 1420 g/mol. The topological polar surface area (TPSA) is 0 Å². The van der Waals surface area contributed by atoms with Gasteiger partial charge in [0.15, 0.2) is 0 Å². The normalized spacial score (nSPS) is 10.2. The van der Waals surface area contributed by atoms with Crippen molar-refractivity contribution < 1.29 is 70.8 Å². The van der Waals surface area contributed by atoms with Crippen LogP contribution < -0.4 is 24.8 Å². The van der Waals surface area contributed by atoms with E-state index in [2.05, 4.69) is 343 Å². The number of aryl methyl sites for hydroxylation is 2. The Morgan fingerprint density at radius 3 is 0.690 bits per heavy atom. The minimum atomic E-state index is 0. The smallest absolute Gasteiger partial charge is 0.0259 e. The predicted molar refractivity (Wildman–Crippen MR) is 355 cm³/mol. The summed E-state index contributed by atoms with van der Waals surface area (Å²) in [5.41, 5.74) is 18.7. The first kappa shape index (κ1) is 64.9. The van der Waals surface area contributed by atoms with Gasteiger partial charge in [-0.1, -0.05) is 266 Å². The Morgan fingerprint density at radius 2 is 0.452 bits per heavy atom. The van der Waals surface area contributed by atoms with Crippen molar-refractivity contribution in [3.63, 3.8) is 0 Å². The van der Waals surface area contributed by atoms with Gasteiger partial charge in [0.1, 0.15) is 0 Å². The molecule has 0 aliphatic carbocycles. The summed E-state index contributed by atoms with van der Waals surface area (Å²) < 4.78 is 0. The predicted octanol–water partition coefficient (Wildman–Crippen LogP) is 16.4. The summed E-state index contributed by atoms with van der Waals surface area (Å²) in [5, 5.41) is 10.6. The Labute approximate surface area is 540 Å². The van der Waals surface area contributed by atoms with E-state index in [1.807, 2.05) is 0 Å². The third-order valence-electron chi connectivity index (χ3n) is 13.8. The van der Waals surface area contributed by atoms with Gasteiger partial charge in [-0.3, -0.25) is 0 Å². The van der Waals surface area contributed by atoms with Gasteiger partial charge in [-0.25, -0.2) is 0 Å². The Kier molecular flexibility index (Phi) is 25.2. The third kappa shape index (κ3) is 17.7. The van der Waals surface area contributed by atoms with Crippen molar-refractivity contribution in [3.8, 4) is 66.8 Å². The summed E-state index contributed by atoms with van der Waals surface area (Å²) in [4.78, 5) is 0. The molecular formula is C78H68Cl2Hf2Si2-2. The molecule has 0 unspecified atom stereocenters. The number of fused-ring (bicyclic) bond motifs is 4. The SMILES string of the molecule is C[Si](C)=[Hf+2].C[Si](C)=[Hf+2].Cc1cc2c(-c3ccccc3)cccc2[cH-]1.Cc1cc2c(-c3ccccc3)cccc2[cH-]1.[Cl-].[Cl-].c1ccc(-c2cc3c(-c4ccccc4)cccc3[cH-]2)cc1.c1ccc(-c2cc3c(-c4ccccc4)cccc3[cH-]2)cc1. The third-order valence-corrected chi connectivity index (χ3v) is 13.8. The number of hydrogen-bond donors (Lipinski definition) is 0. The number of halogens is 2. The van der Waals surface area contributed by atoms with Crippen LogP contribution in [-0.2, 0) is 46.0 Å². The van der Waals surface area contributed by atoms with Gasteiger partial charge in [0, 0.05) is 0 Å². The maximum atomic E-state index is 2.33. The zero-order valence-electron chi connectivity index (χ0n) is 48.6. The number of hydrogen-bond acceptors (Lipinski definition) is 0. The van der Waals surface area contributed by atoms with Crippen LogP contribution in [0.2, 0.25) is 26.2 Å². The molecule has 0 radical (unpaired) electrons. The second kappa shape index (κ2) is 32.6. The molecule has 0 saturated heterocycles. The van der Waals surface area contributed by atoms with E-state index in [1.54, 1.807) is 0 Å². The van der Waals surface area contributed by atoms with Gasteiger partial charge in [-0.2, -0.15) is 12.1 Å². The van der Waals surface area contributed by atoms with E-state index in [4.69, 9.17) is 0 Å². The fourth-order valence-electron chi connectivity index (χ4n) is 10.3. The van der Waals surface area contributed by atoms with Crippen LogP contribution in [0.1, 0.15) is 11.1 Å². The zero-order chi connectivity index (χ0) is 57.2. The number of benzene rings is 10. The fraction of sp³-hybridized carbons (Fsp3) is 0.0769. The van der Waals surface area contributed by atoms with Gasteiger partial charge >= 0.3 is 83.2 Å². The summed E-state index contributed by atoms with van der Waals surface area (Å²) in [6.07, 6.45) is 0. The summed E-state index contributed by atoms with van der Waals surface area (Å²) in [6.45, 7) is 13.6. The second-order valence-corrected chi connectivity index (χ2v) is 46.5. The Balaban J connectivity index is 0.000000154. The molecule has 0 aromatic heterocycles. The van der Waals surface area contributed by atoms with Gasteiger partial charge < -0.3 is 24.8 Å². The van der Waals surface area contributed by atoms with Crippen molar-refractivity contribution >= 4 is 54.1 Å². The van der Waals surface area contributed by atoms with Crippen LogP contribution in [0.15, 0.2) is 303 Å². The molecule has 14 rings (SSSR count). The summed E-state index contributed by atoms with van der Waals surface area (Å²) in [5.74, 6) is 0. The molecule has 0 heterocycles. The van der Waals surface area contributed by atoms with Crippen molar-refractivity contribution in [2.24, 2.45) is 0 Å². The first-order valence-electron chi connectivity index (χ1n) is 28.1. The molecule has 0 fully saturated rings. The molecule has 0 bridgehead atoms. The Bertz CT molecular complexity index is 4000. The molecule has 0 N–H and O–H groups in total. The first-order chi connectivity index (χ1) is 40.0. The van der Waals surface area contributed by atoms with E-state index < -0.39 is 0 Å². The zero-order valence-corrected chi connectivity index (χ0v) is 59.3. The first-order valence-corrected chi connectivity index (χ1v) is 43.8.